The number of aliphatic hydroxyl groups is 1. The van der Waals surface area contributed by atoms with E-state index in [9.17, 15) is 29.4 Å². The van der Waals surface area contributed by atoms with E-state index in [4.69, 9.17) is 11.5 Å². The van der Waals surface area contributed by atoms with Gasteiger partial charge in [-0.3, -0.25) is 14.4 Å². The molecule has 3 rings (SSSR count). The van der Waals surface area contributed by atoms with Crippen LogP contribution in [0.5, 0.6) is 0 Å². The molecule has 0 spiro atoms. The van der Waals surface area contributed by atoms with Gasteiger partial charge in [-0.15, -0.1) is 0 Å². The molecular formula is C30H40N6O6. The molecule has 0 aliphatic heterocycles. The molecule has 5 atom stereocenters. The number of hydrogen-bond acceptors (Lipinski definition) is 7. The molecule has 42 heavy (non-hydrogen) atoms. The van der Waals surface area contributed by atoms with Gasteiger partial charge in [-0.2, -0.15) is 0 Å². The molecule has 0 bridgehead atoms. The number of aromatic nitrogens is 1. The van der Waals surface area contributed by atoms with Gasteiger partial charge < -0.3 is 42.6 Å². The fourth-order valence-electron chi connectivity index (χ4n) is 4.62. The molecule has 0 aliphatic carbocycles. The maximum absolute atomic E-state index is 13.7. The Balaban J connectivity index is 1.87. The molecule has 0 radical (unpaired) electrons. The van der Waals surface area contributed by atoms with E-state index >= 15 is 0 Å². The number of unbranched alkanes of at least 4 members (excludes halogenated alkanes) is 1. The second kappa shape index (κ2) is 15.7. The first-order chi connectivity index (χ1) is 20.1. The maximum Gasteiger partial charge on any atom is 0.328 e. The molecule has 5 unspecified atom stereocenters. The summed E-state index contributed by atoms with van der Waals surface area (Å²) in [6, 6.07) is 11.6. The lowest BCUT2D eigenvalue weighted by Gasteiger charge is -2.26. The number of carboxylic acids is 1. The van der Waals surface area contributed by atoms with Gasteiger partial charge in [0, 0.05) is 29.9 Å². The van der Waals surface area contributed by atoms with Gasteiger partial charge in [0.1, 0.15) is 12.1 Å². The third-order valence-electron chi connectivity index (χ3n) is 7.00. The lowest BCUT2D eigenvalue weighted by atomic mass is 10.0. The van der Waals surface area contributed by atoms with Gasteiger partial charge in [-0.1, -0.05) is 55.0 Å². The van der Waals surface area contributed by atoms with E-state index in [1.807, 2.05) is 24.3 Å². The minimum Gasteiger partial charge on any atom is -0.480 e. The van der Waals surface area contributed by atoms with Gasteiger partial charge >= 0.3 is 5.97 Å². The van der Waals surface area contributed by atoms with Crippen molar-refractivity contribution in [3.05, 3.63) is 71.9 Å². The molecule has 1 aromatic heterocycles. The first-order valence-corrected chi connectivity index (χ1v) is 14.0. The number of aromatic amines is 1. The minimum atomic E-state index is -1.58. The van der Waals surface area contributed by atoms with E-state index in [0.29, 0.717) is 31.4 Å². The first-order valence-electron chi connectivity index (χ1n) is 14.0. The number of nitrogens with two attached hydrogens (primary N) is 2. The second-order valence-corrected chi connectivity index (χ2v) is 10.3. The van der Waals surface area contributed by atoms with Crippen LogP contribution in [0.3, 0.4) is 0 Å². The highest BCUT2D eigenvalue weighted by molar-refractivity contribution is 5.95. The Morgan fingerprint density at radius 1 is 0.857 bits per heavy atom. The molecule has 12 nitrogen and oxygen atoms in total. The summed E-state index contributed by atoms with van der Waals surface area (Å²) >= 11 is 0. The van der Waals surface area contributed by atoms with Crippen LogP contribution in [-0.4, -0.2) is 75.7 Å². The van der Waals surface area contributed by atoms with Crippen molar-refractivity contribution in [2.75, 3.05) is 6.54 Å². The molecule has 10 N–H and O–H groups in total. The zero-order valence-electron chi connectivity index (χ0n) is 23.6. The van der Waals surface area contributed by atoms with E-state index in [1.54, 1.807) is 36.5 Å². The molecule has 0 saturated heterocycles. The molecule has 1 heterocycles. The number of para-hydroxylation sites is 1. The van der Waals surface area contributed by atoms with Gasteiger partial charge in [0.2, 0.25) is 17.7 Å². The predicted molar refractivity (Wildman–Crippen MR) is 158 cm³/mol. The van der Waals surface area contributed by atoms with E-state index in [-0.39, 0.29) is 12.8 Å². The van der Waals surface area contributed by atoms with E-state index in [1.165, 1.54) is 6.92 Å². The van der Waals surface area contributed by atoms with Crippen LogP contribution in [0.25, 0.3) is 10.9 Å². The lowest BCUT2D eigenvalue weighted by Crippen LogP contribution is -2.59. The van der Waals surface area contributed by atoms with Crippen molar-refractivity contribution in [3.8, 4) is 0 Å². The number of rotatable bonds is 16. The monoisotopic (exact) mass is 580 g/mol. The van der Waals surface area contributed by atoms with Crippen molar-refractivity contribution in [1.29, 1.82) is 0 Å². The number of carboxylic acid groups (broad SMARTS) is 1. The predicted octanol–water partition coefficient (Wildman–Crippen LogP) is 0.329. The van der Waals surface area contributed by atoms with Crippen LogP contribution < -0.4 is 27.4 Å². The Labute approximate surface area is 244 Å². The molecule has 3 aromatic rings. The van der Waals surface area contributed by atoms with Crippen LogP contribution in [0.2, 0.25) is 0 Å². The third kappa shape index (κ3) is 9.13. The van der Waals surface area contributed by atoms with Gasteiger partial charge in [0.15, 0.2) is 6.04 Å². The Kier molecular flexibility index (Phi) is 12.0. The summed E-state index contributed by atoms with van der Waals surface area (Å²) in [5.41, 5.74) is 14.0. The van der Waals surface area contributed by atoms with Crippen LogP contribution in [0.1, 0.15) is 37.3 Å². The van der Waals surface area contributed by atoms with Crippen molar-refractivity contribution in [2.24, 2.45) is 11.5 Å². The van der Waals surface area contributed by atoms with Crippen LogP contribution in [0.15, 0.2) is 60.8 Å². The number of aliphatic hydroxyl groups excluding tert-OH is 1. The van der Waals surface area contributed by atoms with Crippen molar-refractivity contribution < 1.29 is 29.4 Å². The SMILES string of the molecule is CC(O)C(NC(=O)C(Cc1ccccc1)NC(=O)C(Cc1c[nH]c2ccccc12)NC(=O)C(N)CCCCN)C(=O)O. The van der Waals surface area contributed by atoms with Gasteiger partial charge in [0.05, 0.1) is 12.1 Å². The normalized spacial score (nSPS) is 14.8. The number of amides is 3. The fourth-order valence-corrected chi connectivity index (χ4v) is 4.62. The van der Waals surface area contributed by atoms with Crippen LogP contribution in [0, 0.1) is 0 Å². The fraction of sp³-hybridized carbons (Fsp3) is 0.400. The average Bonchev–Trinajstić information content (AvgIpc) is 3.37. The number of nitrogens with one attached hydrogen (secondary N) is 4. The highest BCUT2D eigenvalue weighted by Crippen LogP contribution is 2.19. The number of fused-ring (bicyclic) bond motifs is 1. The molecule has 12 heteroatoms. The van der Waals surface area contributed by atoms with Crippen LogP contribution in [0.4, 0.5) is 0 Å². The summed E-state index contributed by atoms with van der Waals surface area (Å²) < 4.78 is 0. The van der Waals surface area contributed by atoms with Gasteiger partial charge in [-0.25, -0.2) is 4.79 Å². The minimum absolute atomic E-state index is 0.0386. The highest BCUT2D eigenvalue weighted by atomic mass is 16.4. The van der Waals surface area contributed by atoms with Gasteiger partial charge in [0.25, 0.3) is 0 Å². The van der Waals surface area contributed by atoms with E-state index in [2.05, 4.69) is 20.9 Å². The zero-order chi connectivity index (χ0) is 30.6. The summed E-state index contributed by atoms with van der Waals surface area (Å²) in [5, 5.41) is 28.0. The summed E-state index contributed by atoms with van der Waals surface area (Å²) in [4.78, 5) is 54.8. The Morgan fingerprint density at radius 2 is 1.48 bits per heavy atom. The van der Waals surface area contributed by atoms with Crippen LogP contribution in [-0.2, 0) is 32.0 Å². The average molecular weight is 581 g/mol. The largest absolute Gasteiger partial charge is 0.480 e. The molecule has 0 saturated carbocycles. The Bertz CT molecular complexity index is 1340. The first kappa shape index (κ1) is 32.3. The summed E-state index contributed by atoms with van der Waals surface area (Å²) in [5.74, 6) is -3.38. The van der Waals surface area contributed by atoms with E-state index < -0.39 is 54.0 Å². The summed E-state index contributed by atoms with van der Waals surface area (Å²) in [6.45, 7) is 1.72. The summed E-state index contributed by atoms with van der Waals surface area (Å²) in [6.07, 6.45) is 2.26. The van der Waals surface area contributed by atoms with Crippen molar-refractivity contribution in [3.63, 3.8) is 0 Å². The molecule has 2 aromatic carbocycles. The van der Waals surface area contributed by atoms with Crippen molar-refractivity contribution >= 4 is 34.6 Å². The topological polar surface area (TPSA) is 213 Å². The Hall–Kier alpha value is -4.26. The molecule has 0 aliphatic rings. The lowest BCUT2D eigenvalue weighted by molar-refractivity contribution is -0.145. The molecule has 3 amide bonds. The number of aliphatic carboxylic acids is 1. The number of carbonyl (C=O) groups is 4. The number of benzene rings is 2. The van der Waals surface area contributed by atoms with Crippen molar-refractivity contribution in [1.82, 2.24) is 20.9 Å². The highest BCUT2D eigenvalue weighted by Gasteiger charge is 2.32. The quantitative estimate of drug-likeness (QED) is 0.110. The van der Waals surface area contributed by atoms with Gasteiger partial charge in [-0.05, 0) is 43.5 Å². The number of hydrogen-bond donors (Lipinski definition) is 8. The summed E-state index contributed by atoms with van der Waals surface area (Å²) in [7, 11) is 0. The maximum atomic E-state index is 13.7. The Morgan fingerprint density at radius 3 is 2.14 bits per heavy atom. The molecular weight excluding hydrogens is 540 g/mol. The molecule has 226 valence electrons. The smallest absolute Gasteiger partial charge is 0.328 e. The zero-order valence-corrected chi connectivity index (χ0v) is 23.6. The molecule has 0 fully saturated rings. The second-order valence-electron chi connectivity index (χ2n) is 10.3. The third-order valence-corrected chi connectivity index (χ3v) is 7.00. The van der Waals surface area contributed by atoms with E-state index in [0.717, 1.165) is 16.5 Å². The van der Waals surface area contributed by atoms with Crippen molar-refractivity contribution in [2.45, 2.75) is 69.3 Å². The number of H-pyrrole nitrogens is 1. The van der Waals surface area contributed by atoms with Crippen LogP contribution >= 0.6 is 0 Å². The standard InChI is InChI=1S/C30H40N6O6/c1-18(37)26(30(41)42)36-29(40)24(15-19-9-3-2-4-10-19)35-28(39)25(34-27(38)22(32)12-7-8-14-31)16-20-17-33-23-13-6-5-11-21(20)23/h2-6,9-11,13,17-18,22,24-26,33,37H,7-8,12,14-16,31-32H2,1H3,(H,34,38)(H,35,39)(H,36,40)(H,41,42). The number of carbonyl (C=O) groups excluding carboxylic acids is 3.